The van der Waals surface area contributed by atoms with E-state index in [1.54, 1.807) is 0 Å². The highest BCUT2D eigenvalue weighted by molar-refractivity contribution is 9.10. The van der Waals surface area contributed by atoms with Crippen molar-refractivity contribution in [3.63, 3.8) is 0 Å². The molecule has 1 aromatic heterocycles. The van der Waals surface area contributed by atoms with E-state index in [1.807, 2.05) is 14.9 Å². The van der Waals surface area contributed by atoms with Crippen LogP contribution in [0.3, 0.4) is 0 Å². The van der Waals surface area contributed by atoms with Gasteiger partial charge in [0.1, 0.15) is 5.82 Å². The Morgan fingerprint density at radius 2 is 1.85 bits per heavy atom. The number of hydrogen-bond donors (Lipinski definition) is 5. The predicted molar refractivity (Wildman–Crippen MR) is 121 cm³/mol. The third-order valence-corrected chi connectivity index (χ3v) is 5.16. The number of aromatic nitrogens is 2. The number of guanidine groups is 1. The molecule has 0 amide bonds. The quantitative estimate of drug-likeness (QED) is 0.121. The van der Waals surface area contributed by atoms with Gasteiger partial charge < -0.3 is 5.32 Å². The minimum atomic E-state index is -3.74. The molecule has 0 aliphatic heterocycles. The molecule has 5 N–H and O–H groups in total. The highest BCUT2D eigenvalue weighted by atomic mass is 79.9. The van der Waals surface area contributed by atoms with E-state index in [1.165, 1.54) is 18.2 Å². The second-order valence-corrected chi connectivity index (χ2v) is 10.7. The first-order chi connectivity index (χ1) is 15.4. The topological polar surface area (TPSA) is 200 Å². The Balaban J connectivity index is 2.04. The maximum Gasteiger partial charge on any atom is 0.232 e. The molecule has 0 unspecified atom stereocenters. The number of halogens is 2. The normalized spacial score (nSPS) is 12.2. The van der Waals surface area contributed by atoms with Gasteiger partial charge in [0.25, 0.3) is 0 Å². The van der Waals surface area contributed by atoms with Gasteiger partial charge >= 0.3 is 0 Å². The van der Waals surface area contributed by atoms with Crippen molar-refractivity contribution in [2.75, 3.05) is 30.9 Å². The van der Waals surface area contributed by atoms with E-state index in [0.717, 1.165) is 12.5 Å². The second kappa shape index (κ2) is 11.3. The molecule has 0 aliphatic carbocycles. The zero-order valence-corrected chi connectivity index (χ0v) is 20.4. The van der Waals surface area contributed by atoms with Crippen LogP contribution in [0.4, 0.5) is 15.9 Å². The van der Waals surface area contributed by atoms with Gasteiger partial charge in [-0.2, -0.15) is 0 Å². The zero-order chi connectivity index (χ0) is 24.6. The summed E-state index contributed by atoms with van der Waals surface area (Å²) >= 11 is 3.04. The van der Waals surface area contributed by atoms with Gasteiger partial charge in [-0.15, -0.1) is 0 Å². The van der Waals surface area contributed by atoms with E-state index in [0.29, 0.717) is 12.1 Å². The van der Waals surface area contributed by atoms with E-state index in [-0.39, 0.29) is 34.9 Å². The minimum Gasteiger partial charge on any atom is -0.365 e. The fraction of sp³-hybridized carbons (Fsp3) is 0.333. The number of hydroxylamine groups is 1. The number of aliphatic imine (C=N–C) groups is 2. The number of sulfonamides is 2. The number of anilines is 1. The number of nitrogens with one attached hydrogen (secondary N) is 4. The van der Waals surface area contributed by atoms with Crippen molar-refractivity contribution in [3.05, 3.63) is 34.2 Å². The summed E-state index contributed by atoms with van der Waals surface area (Å²) in [7, 11) is -7.49. The Morgan fingerprint density at radius 1 is 1.18 bits per heavy atom. The molecule has 2 rings (SSSR count). The molecule has 0 saturated heterocycles. The van der Waals surface area contributed by atoms with Crippen molar-refractivity contribution < 1.29 is 31.1 Å². The van der Waals surface area contributed by atoms with E-state index in [2.05, 4.69) is 46.2 Å². The molecule has 0 bridgehead atoms. The lowest BCUT2D eigenvalue weighted by molar-refractivity contribution is 0.234. The van der Waals surface area contributed by atoms with Gasteiger partial charge in [0.05, 0.1) is 22.7 Å². The summed E-state index contributed by atoms with van der Waals surface area (Å²) in [6, 6.07) is 3.95. The molecule has 0 spiro atoms. The first kappa shape index (κ1) is 26.4. The number of rotatable bonds is 9. The summed E-state index contributed by atoms with van der Waals surface area (Å²) in [6.07, 6.45) is 2.02. The highest BCUT2D eigenvalue weighted by Gasteiger charge is 2.17. The first-order valence-corrected chi connectivity index (χ1v) is 13.5. The summed E-state index contributed by atoms with van der Waals surface area (Å²) in [6.45, 7) is 0.271. The van der Waals surface area contributed by atoms with E-state index in [4.69, 9.17) is 0 Å². The Kier molecular flexibility index (Phi) is 9.08. The molecule has 0 fully saturated rings. The van der Waals surface area contributed by atoms with Crippen molar-refractivity contribution >= 4 is 59.3 Å². The molecular formula is C15H20BrFN8O6S2. The SMILES string of the molecule is CS(=O)(=O)NC(=NCCCNc1nonc1C(=Nc1ccc(F)c(Br)c1)NO)NS(C)(=O)=O. The Bertz CT molecular complexity index is 1210. The van der Waals surface area contributed by atoms with E-state index >= 15 is 0 Å². The molecule has 182 valence electrons. The van der Waals surface area contributed by atoms with E-state index < -0.39 is 31.8 Å². The molecular weight excluding hydrogens is 551 g/mol. The number of benzene rings is 1. The molecule has 1 heterocycles. The number of nitrogens with zero attached hydrogens (tertiary/aromatic N) is 4. The maximum absolute atomic E-state index is 13.4. The van der Waals surface area contributed by atoms with Crippen LogP contribution in [-0.2, 0) is 20.0 Å². The molecule has 0 saturated carbocycles. The van der Waals surface area contributed by atoms with Crippen LogP contribution >= 0.6 is 15.9 Å². The van der Waals surface area contributed by atoms with Crippen molar-refractivity contribution in [1.29, 1.82) is 0 Å². The van der Waals surface area contributed by atoms with E-state index in [9.17, 15) is 26.4 Å². The van der Waals surface area contributed by atoms with Crippen molar-refractivity contribution in [3.8, 4) is 0 Å². The lowest BCUT2D eigenvalue weighted by atomic mass is 10.3. The molecule has 18 heteroatoms. The summed E-state index contributed by atoms with van der Waals surface area (Å²) in [4.78, 5) is 8.01. The third-order valence-electron chi connectivity index (χ3n) is 3.42. The standard InChI is InChI=1S/C15H20BrFN8O6S2/c1-32(27,28)24-15(25-33(2,29)30)19-7-3-6-18-13-12(22-31-23-13)14(21-26)20-9-4-5-11(17)10(16)8-9/h4-5,8,26H,3,6-7H2,1-2H3,(H,18,23)(H,20,21)(H2,19,24,25). The monoisotopic (exact) mass is 570 g/mol. The van der Waals surface area contributed by atoms with Crippen LogP contribution < -0.4 is 20.2 Å². The van der Waals surface area contributed by atoms with Gasteiger partial charge in [0, 0.05) is 13.1 Å². The van der Waals surface area contributed by atoms with Gasteiger partial charge in [-0.25, -0.2) is 30.8 Å². The fourth-order valence-corrected chi connectivity index (χ4v) is 3.55. The maximum atomic E-state index is 13.4. The summed E-state index contributed by atoms with van der Waals surface area (Å²) in [5, 5.41) is 19.6. The van der Waals surface area contributed by atoms with Gasteiger partial charge in [0.15, 0.2) is 11.5 Å². The smallest absolute Gasteiger partial charge is 0.232 e. The van der Waals surface area contributed by atoms with Crippen molar-refractivity contribution in [2.45, 2.75) is 6.42 Å². The summed E-state index contributed by atoms with van der Waals surface area (Å²) in [5.41, 5.74) is 2.20. The largest absolute Gasteiger partial charge is 0.365 e. The minimum absolute atomic E-state index is 0.0274. The summed E-state index contributed by atoms with van der Waals surface area (Å²) in [5.74, 6) is -0.938. The van der Waals surface area contributed by atoms with Crippen LogP contribution in [0.1, 0.15) is 12.1 Å². The molecule has 2 aromatic rings. The van der Waals surface area contributed by atoms with Crippen molar-refractivity contribution in [1.82, 2.24) is 25.2 Å². The molecule has 0 atom stereocenters. The average molecular weight is 571 g/mol. The van der Waals surface area contributed by atoms with Crippen LogP contribution in [0.25, 0.3) is 0 Å². The van der Waals surface area contributed by atoms with Gasteiger partial charge in [0.2, 0.25) is 31.8 Å². The number of hydrogen-bond acceptors (Lipinski definition) is 11. The van der Waals surface area contributed by atoms with Crippen LogP contribution in [-0.4, -0.2) is 69.8 Å². The van der Waals surface area contributed by atoms with Crippen molar-refractivity contribution in [2.24, 2.45) is 9.98 Å². The Labute approximate surface area is 196 Å². The first-order valence-electron chi connectivity index (χ1n) is 8.88. The third kappa shape index (κ3) is 9.28. The molecule has 1 aromatic carbocycles. The Hall–Kier alpha value is -2.83. The summed E-state index contributed by atoms with van der Waals surface area (Å²) < 4.78 is 67.6. The molecule has 14 nitrogen and oxygen atoms in total. The number of amidine groups is 1. The average Bonchev–Trinajstić information content (AvgIpc) is 3.14. The molecule has 0 aliphatic rings. The fourth-order valence-electron chi connectivity index (χ4n) is 2.19. The molecule has 33 heavy (non-hydrogen) atoms. The van der Waals surface area contributed by atoms with Crippen LogP contribution in [0, 0.1) is 5.82 Å². The Morgan fingerprint density at radius 3 is 2.42 bits per heavy atom. The lowest BCUT2D eigenvalue weighted by Crippen LogP contribution is -2.43. The van der Waals surface area contributed by atoms with Gasteiger partial charge in [-0.1, -0.05) is 0 Å². The van der Waals surface area contributed by atoms with Gasteiger partial charge in [-0.3, -0.25) is 25.1 Å². The van der Waals surface area contributed by atoms with Gasteiger partial charge in [-0.05, 0) is 50.9 Å². The van der Waals surface area contributed by atoms with Crippen LogP contribution in [0.15, 0.2) is 37.3 Å². The lowest BCUT2D eigenvalue weighted by Gasteiger charge is -2.09. The zero-order valence-electron chi connectivity index (χ0n) is 17.2. The van der Waals surface area contributed by atoms with Crippen LogP contribution in [0.2, 0.25) is 0 Å². The second-order valence-electron chi connectivity index (χ2n) is 6.39. The molecule has 0 radical (unpaired) electrons. The predicted octanol–water partition coefficient (Wildman–Crippen LogP) is 0.285. The highest BCUT2D eigenvalue weighted by Crippen LogP contribution is 2.23. The van der Waals surface area contributed by atoms with Crippen LogP contribution in [0.5, 0.6) is 0 Å².